The summed E-state index contributed by atoms with van der Waals surface area (Å²) < 4.78 is 13.2. The number of hydrogen-bond donors (Lipinski definition) is 2. The number of hydrogen-bond acceptors (Lipinski definition) is 3. The Morgan fingerprint density at radius 3 is 2.45 bits per heavy atom. The van der Waals surface area contributed by atoms with Crippen molar-refractivity contribution < 1.29 is 9.50 Å². The summed E-state index contributed by atoms with van der Waals surface area (Å²) in [5, 5.41) is 21.5. The van der Waals surface area contributed by atoms with E-state index in [0.29, 0.717) is 12.2 Å². The number of halogens is 3. The highest BCUT2D eigenvalue weighted by molar-refractivity contribution is 6.37. The Kier molecular flexibility index (Phi) is 4.33. The lowest BCUT2D eigenvalue weighted by atomic mass is 10.1. The molecule has 0 heterocycles. The van der Waals surface area contributed by atoms with E-state index in [1.165, 1.54) is 24.3 Å². The molecule has 0 bridgehead atoms. The Balaban J connectivity index is 2.15. The highest BCUT2D eigenvalue weighted by Crippen LogP contribution is 2.34. The van der Waals surface area contributed by atoms with Crippen molar-refractivity contribution in [3.05, 3.63) is 57.3 Å². The molecule has 0 aliphatic heterocycles. The molecule has 3 nitrogen and oxygen atoms in total. The summed E-state index contributed by atoms with van der Waals surface area (Å²) in [4.78, 5) is 0. The molecule has 0 aliphatic rings. The van der Waals surface area contributed by atoms with Crippen molar-refractivity contribution in [3.8, 4) is 11.8 Å². The van der Waals surface area contributed by atoms with E-state index in [4.69, 9.17) is 28.5 Å². The van der Waals surface area contributed by atoms with Gasteiger partial charge in [-0.25, -0.2) is 4.39 Å². The van der Waals surface area contributed by atoms with Crippen LogP contribution < -0.4 is 5.32 Å². The van der Waals surface area contributed by atoms with Crippen LogP contribution in [0.3, 0.4) is 0 Å². The third-order valence-corrected chi connectivity index (χ3v) is 3.24. The molecule has 0 atom stereocenters. The molecule has 0 saturated carbocycles. The Hall–Kier alpha value is -1.96. The predicted molar refractivity (Wildman–Crippen MR) is 76.6 cm³/mol. The van der Waals surface area contributed by atoms with E-state index in [9.17, 15) is 9.50 Å². The van der Waals surface area contributed by atoms with Gasteiger partial charge in [0.2, 0.25) is 0 Å². The Morgan fingerprint density at radius 1 is 1.20 bits per heavy atom. The zero-order chi connectivity index (χ0) is 14.7. The lowest BCUT2D eigenvalue weighted by Gasteiger charge is -2.09. The van der Waals surface area contributed by atoms with Gasteiger partial charge in [0.25, 0.3) is 0 Å². The molecule has 0 radical (unpaired) electrons. The minimum atomic E-state index is -0.549. The zero-order valence-corrected chi connectivity index (χ0v) is 11.6. The summed E-state index contributed by atoms with van der Waals surface area (Å²) >= 11 is 11.6. The molecule has 0 saturated heterocycles. The molecule has 2 N–H and O–H groups in total. The maximum Gasteiger partial charge on any atom is 0.152 e. The Bertz CT molecular complexity index is 675. The second kappa shape index (κ2) is 6.00. The fourth-order valence-corrected chi connectivity index (χ4v) is 2.13. The van der Waals surface area contributed by atoms with E-state index in [-0.39, 0.29) is 21.4 Å². The van der Waals surface area contributed by atoms with Gasteiger partial charge in [-0.05, 0) is 29.8 Å². The Morgan fingerprint density at radius 2 is 1.85 bits per heavy atom. The minimum Gasteiger partial charge on any atom is -0.505 e. The van der Waals surface area contributed by atoms with Crippen LogP contribution in [0.4, 0.5) is 10.1 Å². The highest BCUT2D eigenvalue weighted by atomic mass is 35.5. The van der Waals surface area contributed by atoms with Gasteiger partial charge in [-0.3, -0.25) is 0 Å². The monoisotopic (exact) mass is 310 g/mol. The maximum atomic E-state index is 13.2. The average molecular weight is 311 g/mol. The lowest BCUT2D eigenvalue weighted by molar-refractivity contribution is 0.476. The van der Waals surface area contributed by atoms with Crippen molar-refractivity contribution in [2.45, 2.75) is 6.54 Å². The molecule has 2 aromatic rings. The van der Waals surface area contributed by atoms with E-state index in [1.54, 1.807) is 12.1 Å². The van der Waals surface area contributed by atoms with E-state index >= 15 is 0 Å². The van der Waals surface area contributed by atoms with Crippen molar-refractivity contribution in [2.24, 2.45) is 0 Å². The fraction of sp³-hybridized carbons (Fsp3) is 0.0714. The number of benzene rings is 2. The van der Waals surface area contributed by atoms with Gasteiger partial charge in [0.15, 0.2) is 5.75 Å². The molecular weight excluding hydrogens is 302 g/mol. The predicted octanol–water partition coefficient (Wildman–Crippen LogP) is 4.32. The van der Waals surface area contributed by atoms with E-state index in [1.807, 2.05) is 0 Å². The molecule has 0 aliphatic carbocycles. The normalized spacial score (nSPS) is 10.1. The average Bonchev–Trinajstić information content (AvgIpc) is 2.43. The number of nitrogens with zero attached hydrogens (tertiary/aromatic N) is 1. The first kappa shape index (κ1) is 14.4. The van der Waals surface area contributed by atoms with Crippen LogP contribution in [0, 0.1) is 17.1 Å². The van der Waals surface area contributed by atoms with Crippen LogP contribution in [0.15, 0.2) is 30.3 Å². The molecule has 2 rings (SSSR count). The second-order valence-corrected chi connectivity index (χ2v) is 4.88. The van der Waals surface area contributed by atoms with Crippen LogP contribution in [0.5, 0.6) is 5.75 Å². The maximum absolute atomic E-state index is 13.2. The standard InChI is InChI=1S/C14H9Cl2FN2O/c15-11-4-10(5-12(16)14(11)20)19-7-8-1-2-13(17)9(3-8)6-18/h1-5,19-20H,7H2. The van der Waals surface area contributed by atoms with Crippen LogP contribution in [-0.4, -0.2) is 5.11 Å². The van der Waals surface area contributed by atoms with Crippen LogP contribution in [-0.2, 0) is 6.54 Å². The molecule has 0 amide bonds. The van der Waals surface area contributed by atoms with Gasteiger partial charge in [0.05, 0.1) is 15.6 Å². The van der Waals surface area contributed by atoms with Crippen LogP contribution in [0.2, 0.25) is 10.0 Å². The zero-order valence-electron chi connectivity index (χ0n) is 10.1. The van der Waals surface area contributed by atoms with E-state index in [2.05, 4.69) is 5.32 Å². The smallest absolute Gasteiger partial charge is 0.152 e. The largest absolute Gasteiger partial charge is 0.505 e. The molecule has 0 unspecified atom stereocenters. The van der Waals surface area contributed by atoms with Crippen molar-refractivity contribution in [1.29, 1.82) is 5.26 Å². The number of nitriles is 1. The van der Waals surface area contributed by atoms with Crippen molar-refractivity contribution in [3.63, 3.8) is 0 Å². The number of nitrogens with one attached hydrogen (secondary N) is 1. The van der Waals surface area contributed by atoms with Crippen molar-refractivity contribution >= 4 is 28.9 Å². The molecule has 102 valence electrons. The van der Waals surface area contributed by atoms with Gasteiger partial charge >= 0.3 is 0 Å². The van der Waals surface area contributed by atoms with Crippen molar-refractivity contribution in [2.75, 3.05) is 5.32 Å². The van der Waals surface area contributed by atoms with Gasteiger partial charge in [0, 0.05) is 12.2 Å². The summed E-state index contributed by atoms with van der Waals surface area (Å²) in [7, 11) is 0. The van der Waals surface area contributed by atoms with Gasteiger partial charge in [-0.15, -0.1) is 0 Å². The first-order valence-corrected chi connectivity index (χ1v) is 6.37. The van der Waals surface area contributed by atoms with Gasteiger partial charge in [-0.1, -0.05) is 29.3 Å². The summed E-state index contributed by atoms with van der Waals surface area (Å²) in [6.45, 7) is 0.367. The SMILES string of the molecule is N#Cc1cc(CNc2cc(Cl)c(O)c(Cl)c2)ccc1F. The number of phenols is 1. The van der Waals surface area contributed by atoms with Gasteiger partial charge < -0.3 is 10.4 Å². The highest BCUT2D eigenvalue weighted by Gasteiger charge is 2.07. The number of aromatic hydroxyl groups is 1. The summed E-state index contributed by atoms with van der Waals surface area (Å²) in [5.41, 5.74) is 1.34. The molecule has 2 aromatic carbocycles. The van der Waals surface area contributed by atoms with Gasteiger partial charge in [0.1, 0.15) is 11.9 Å². The number of rotatable bonds is 3. The minimum absolute atomic E-state index is 0.00827. The molecule has 0 fully saturated rings. The first-order chi connectivity index (χ1) is 9.51. The quantitative estimate of drug-likeness (QED) is 0.830. The van der Waals surface area contributed by atoms with E-state index in [0.717, 1.165) is 5.56 Å². The van der Waals surface area contributed by atoms with E-state index < -0.39 is 5.82 Å². The molecule has 6 heteroatoms. The summed E-state index contributed by atoms with van der Waals surface area (Å²) in [6.07, 6.45) is 0. The van der Waals surface area contributed by atoms with Crippen molar-refractivity contribution in [1.82, 2.24) is 0 Å². The number of phenolic OH excluding ortho intramolecular Hbond substituents is 1. The summed E-state index contributed by atoms with van der Waals surface area (Å²) in [5.74, 6) is -0.723. The second-order valence-electron chi connectivity index (χ2n) is 4.07. The van der Waals surface area contributed by atoms with Crippen LogP contribution >= 0.6 is 23.2 Å². The lowest BCUT2D eigenvalue weighted by Crippen LogP contribution is -2.00. The Labute approximate surface area is 125 Å². The molecule has 0 aromatic heterocycles. The molecule has 20 heavy (non-hydrogen) atoms. The third-order valence-electron chi connectivity index (χ3n) is 2.66. The first-order valence-electron chi connectivity index (χ1n) is 5.61. The fourth-order valence-electron chi connectivity index (χ4n) is 1.64. The molecular formula is C14H9Cl2FN2O. The molecule has 0 spiro atoms. The van der Waals surface area contributed by atoms with Gasteiger partial charge in [-0.2, -0.15) is 5.26 Å². The third kappa shape index (κ3) is 3.13. The number of anilines is 1. The van der Waals surface area contributed by atoms with Crippen LogP contribution in [0.1, 0.15) is 11.1 Å². The summed E-state index contributed by atoms with van der Waals surface area (Å²) in [6, 6.07) is 9.11. The van der Waals surface area contributed by atoms with Crippen LogP contribution in [0.25, 0.3) is 0 Å². The topological polar surface area (TPSA) is 56.0 Å².